The lowest BCUT2D eigenvalue weighted by atomic mass is 9.67. The van der Waals surface area contributed by atoms with Gasteiger partial charge in [-0.05, 0) is 81.1 Å². The molecule has 0 bridgehead atoms. The fourth-order valence-corrected chi connectivity index (χ4v) is 5.17. The van der Waals surface area contributed by atoms with Crippen molar-refractivity contribution >= 4 is 5.78 Å². The van der Waals surface area contributed by atoms with Crippen LogP contribution in [-0.4, -0.2) is 5.78 Å². The van der Waals surface area contributed by atoms with E-state index in [1.807, 2.05) is 6.08 Å². The predicted molar refractivity (Wildman–Crippen MR) is 88.1 cm³/mol. The van der Waals surface area contributed by atoms with Crippen LogP contribution in [-0.2, 0) is 4.79 Å². The van der Waals surface area contributed by atoms with Crippen molar-refractivity contribution in [1.82, 2.24) is 0 Å². The molecule has 2 fully saturated rings. The third kappa shape index (κ3) is 3.79. The Labute approximate surface area is 130 Å². The first-order valence-electron chi connectivity index (χ1n) is 9.49. The molecule has 0 aliphatic heterocycles. The number of rotatable bonds is 3. The van der Waals surface area contributed by atoms with Crippen LogP contribution in [0.15, 0.2) is 11.6 Å². The third-order valence-electron chi connectivity index (χ3n) is 6.67. The second-order valence-corrected chi connectivity index (χ2v) is 7.84. The van der Waals surface area contributed by atoms with Gasteiger partial charge >= 0.3 is 0 Å². The van der Waals surface area contributed by atoms with Crippen molar-refractivity contribution in [2.24, 2.45) is 23.7 Å². The topological polar surface area (TPSA) is 17.1 Å². The van der Waals surface area contributed by atoms with Crippen LogP contribution in [0.2, 0.25) is 0 Å². The van der Waals surface area contributed by atoms with Crippen LogP contribution < -0.4 is 0 Å². The van der Waals surface area contributed by atoms with Gasteiger partial charge in [0.05, 0.1) is 0 Å². The Morgan fingerprint density at radius 3 is 2.10 bits per heavy atom. The maximum atomic E-state index is 11.6. The summed E-state index contributed by atoms with van der Waals surface area (Å²) in [6.07, 6.45) is 18.0. The summed E-state index contributed by atoms with van der Waals surface area (Å²) in [5.74, 6) is 4.18. The number of ketones is 1. The van der Waals surface area contributed by atoms with Crippen molar-refractivity contribution in [3.8, 4) is 0 Å². The van der Waals surface area contributed by atoms with Crippen LogP contribution in [0.1, 0.15) is 84.0 Å². The molecule has 0 heterocycles. The van der Waals surface area contributed by atoms with Gasteiger partial charge in [-0.15, -0.1) is 0 Å². The van der Waals surface area contributed by atoms with Crippen LogP contribution in [0, 0.1) is 23.7 Å². The molecule has 0 unspecified atom stereocenters. The Hall–Kier alpha value is -0.590. The van der Waals surface area contributed by atoms with Gasteiger partial charge in [0.25, 0.3) is 0 Å². The van der Waals surface area contributed by atoms with E-state index in [1.54, 1.807) is 0 Å². The fraction of sp³-hybridized carbons (Fsp3) is 0.850. The normalized spacial score (nSPS) is 38.1. The first-order valence-corrected chi connectivity index (χ1v) is 9.49. The molecule has 1 heteroatoms. The Bertz CT molecular complexity index is 379. The van der Waals surface area contributed by atoms with Gasteiger partial charge in [-0.3, -0.25) is 4.79 Å². The second-order valence-electron chi connectivity index (χ2n) is 7.84. The van der Waals surface area contributed by atoms with Crippen LogP contribution in [0.25, 0.3) is 0 Å². The zero-order valence-electron chi connectivity index (χ0n) is 13.8. The standard InChI is InChI=1S/C20H32O/c1-2-15-6-8-16(9-7-15)17-10-12-18(13-11-17)19-4-3-5-20(21)14-19/h14-18H,2-13H2,1H3. The number of allylic oxidation sites excluding steroid dienone is 2. The Kier molecular flexibility index (Phi) is 5.19. The van der Waals surface area contributed by atoms with E-state index < -0.39 is 0 Å². The summed E-state index contributed by atoms with van der Waals surface area (Å²) in [4.78, 5) is 11.6. The highest BCUT2D eigenvalue weighted by Crippen LogP contribution is 2.44. The van der Waals surface area contributed by atoms with Gasteiger partial charge < -0.3 is 0 Å². The molecule has 3 aliphatic rings. The summed E-state index contributed by atoms with van der Waals surface area (Å²) in [5, 5.41) is 0. The summed E-state index contributed by atoms with van der Waals surface area (Å²) in [7, 11) is 0. The minimum absolute atomic E-state index is 0.385. The first kappa shape index (κ1) is 15.3. The number of carbonyl (C=O) groups is 1. The van der Waals surface area contributed by atoms with E-state index in [2.05, 4.69) is 6.92 Å². The van der Waals surface area contributed by atoms with E-state index >= 15 is 0 Å². The average Bonchev–Trinajstić information content (AvgIpc) is 2.55. The zero-order valence-corrected chi connectivity index (χ0v) is 13.8. The van der Waals surface area contributed by atoms with Gasteiger partial charge in [0.1, 0.15) is 0 Å². The molecule has 0 N–H and O–H groups in total. The Balaban J connectivity index is 1.48. The molecule has 0 aromatic heterocycles. The second kappa shape index (κ2) is 7.11. The molecule has 0 radical (unpaired) electrons. The highest BCUT2D eigenvalue weighted by molar-refractivity contribution is 5.91. The molecule has 0 aromatic carbocycles. The number of carbonyl (C=O) groups excluding carboxylic acids is 1. The smallest absolute Gasteiger partial charge is 0.155 e. The molecule has 21 heavy (non-hydrogen) atoms. The van der Waals surface area contributed by atoms with E-state index in [0.717, 1.165) is 36.5 Å². The molecule has 0 atom stereocenters. The van der Waals surface area contributed by atoms with Gasteiger partial charge in [0.15, 0.2) is 5.78 Å². The van der Waals surface area contributed by atoms with Gasteiger partial charge in [0, 0.05) is 6.42 Å². The van der Waals surface area contributed by atoms with Crippen molar-refractivity contribution in [2.75, 3.05) is 0 Å². The first-order chi connectivity index (χ1) is 10.3. The molecule has 0 aromatic rings. The minimum atomic E-state index is 0.385. The number of hydrogen-bond acceptors (Lipinski definition) is 1. The van der Waals surface area contributed by atoms with Crippen molar-refractivity contribution in [1.29, 1.82) is 0 Å². The van der Waals surface area contributed by atoms with Crippen molar-refractivity contribution < 1.29 is 4.79 Å². The van der Waals surface area contributed by atoms with Gasteiger partial charge in [-0.2, -0.15) is 0 Å². The van der Waals surface area contributed by atoms with Crippen LogP contribution in [0.4, 0.5) is 0 Å². The van der Waals surface area contributed by atoms with E-state index in [1.165, 1.54) is 69.8 Å². The van der Waals surface area contributed by atoms with Crippen molar-refractivity contribution in [2.45, 2.75) is 84.0 Å². The highest BCUT2D eigenvalue weighted by atomic mass is 16.1. The molecule has 0 saturated heterocycles. The molecule has 1 nitrogen and oxygen atoms in total. The summed E-state index contributed by atoms with van der Waals surface area (Å²) in [6.45, 7) is 2.36. The van der Waals surface area contributed by atoms with Crippen LogP contribution in [0.5, 0.6) is 0 Å². The lowest BCUT2D eigenvalue weighted by Gasteiger charge is -2.38. The third-order valence-corrected chi connectivity index (χ3v) is 6.67. The highest BCUT2D eigenvalue weighted by Gasteiger charge is 2.31. The maximum Gasteiger partial charge on any atom is 0.155 e. The Morgan fingerprint density at radius 1 is 0.905 bits per heavy atom. The van der Waals surface area contributed by atoms with Gasteiger partial charge in [-0.1, -0.05) is 31.8 Å². The quantitative estimate of drug-likeness (QED) is 0.652. The van der Waals surface area contributed by atoms with Gasteiger partial charge in [-0.25, -0.2) is 0 Å². The SMILES string of the molecule is CCC1CCC(C2CCC(C3=CC(=O)CCC3)CC2)CC1. The molecule has 3 aliphatic carbocycles. The molecular formula is C20H32O. The average molecular weight is 288 g/mol. The predicted octanol–water partition coefficient (Wildman–Crippen LogP) is 5.69. The zero-order chi connectivity index (χ0) is 14.7. The summed E-state index contributed by atoms with van der Waals surface area (Å²) in [5.41, 5.74) is 1.50. The van der Waals surface area contributed by atoms with Crippen LogP contribution in [0.3, 0.4) is 0 Å². The monoisotopic (exact) mass is 288 g/mol. The van der Waals surface area contributed by atoms with E-state index in [9.17, 15) is 4.79 Å². The summed E-state index contributed by atoms with van der Waals surface area (Å²) in [6, 6.07) is 0. The molecule has 0 spiro atoms. The summed E-state index contributed by atoms with van der Waals surface area (Å²) < 4.78 is 0. The largest absolute Gasteiger partial charge is 0.295 e. The molecular weight excluding hydrogens is 256 g/mol. The van der Waals surface area contributed by atoms with Crippen molar-refractivity contribution in [3.05, 3.63) is 11.6 Å². The molecule has 3 rings (SSSR count). The van der Waals surface area contributed by atoms with Gasteiger partial charge in [0.2, 0.25) is 0 Å². The van der Waals surface area contributed by atoms with E-state index in [0.29, 0.717) is 5.78 Å². The van der Waals surface area contributed by atoms with E-state index in [-0.39, 0.29) is 0 Å². The molecule has 118 valence electrons. The minimum Gasteiger partial charge on any atom is -0.295 e. The van der Waals surface area contributed by atoms with Crippen LogP contribution >= 0.6 is 0 Å². The summed E-state index contributed by atoms with van der Waals surface area (Å²) >= 11 is 0. The molecule has 2 saturated carbocycles. The van der Waals surface area contributed by atoms with E-state index in [4.69, 9.17) is 0 Å². The lowest BCUT2D eigenvalue weighted by molar-refractivity contribution is -0.115. The number of hydrogen-bond donors (Lipinski definition) is 0. The fourth-order valence-electron chi connectivity index (χ4n) is 5.17. The molecule has 0 amide bonds. The Morgan fingerprint density at radius 2 is 1.52 bits per heavy atom. The maximum absolute atomic E-state index is 11.6. The van der Waals surface area contributed by atoms with Crippen molar-refractivity contribution in [3.63, 3.8) is 0 Å². The lowest BCUT2D eigenvalue weighted by Crippen LogP contribution is -2.26.